The van der Waals surface area contributed by atoms with E-state index in [0.717, 1.165) is 32.0 Å². The van der Waals surface area contributed by atoms with Crippen LogP contribution in [0.5, 0.6) is 0 Å². The molecule has 2 heterocycles. The molecule has 8 heteroatoms. The van der Waals surface area contributed by atoms with E-state index in [-0.39, 0.29) is 24.9 Å². The van der Waals surface area contributed by atoms with Crippen molar-refractivity contribution in [1.29, 1.82) is 0 Å². The fourth-order valence-electron chi connectivity index (χ4n) is 4.33. The average molecular weight is 420 g/mol. The summed E-state index contributed by atoms with van der Waals surface area (Å²) in [4.78, 5) is 12.2. The first-order valence-electron chi connectivity index (χ1n) is 10.2. The lowest BCUT2D eigenvalue weighted by molar-refractivity contribution is -0.116. The highest BCUT2D eigenvalue weighted by atomic mass is 35.5. The Labute approximate surface area is 178 Å². The fourth-order valence-corrected chi connectivity index (χ4v) is 4.33. The number of carbonyl (C=O) groups excluding carboxylic acids is 1. The molecule has 2 aromatic rings. The summed E-state index contributed by atoms with van der Waals surface area (Å²) in [6.07, 6.45) is 7.18. The van der Waals surface area contributed by atoms with Crippen LogP contribution in [0.3, 0.4) is 0 Å². The zero-order chi connectivity index (χ0) is 19.2. The summed E-state index contributed by atoms with van der Waals surface area (Å²) in [5.41, 5.74) is 2.00. The van der Waals surface area contributed by atoms with Crippen molar-refractivity contribution in [2.75, 3.05) is 25.1 Å². The van der Waals surface area contributed by atoms with Crippen LogP contribution in [0.15, 0.2) is 42.7 Å². The Balaban J connectivity index is 0.00000240. The van der Waals surface area contributed by atoms with Crippen LogP contribution in [0.2, 0.25) is 0 Å². The number of nitrogens with zero attached hydrogens (tertiary/aromatic N) is 2. The van der Waals surface area contributed by atoms with Gasteiger partial charge in [0.05, 0.1) is 13.2 Å². The lowest BCUT2D eigenvalue weighted by atomic mass is 9.94. The van der Waals surface area contributed by atoms with Gasteiger partial charge in [0.15, 0.2) is 0 Å². The zero-order valence-electron chi connectivity index (χ0n) is 16.5. The monoisotopic (exact) mass is 419 g/mol. The third-order valence-electron chi connectivity index (χ3n) is 5.68. The molecule has 1 aromatic heterocycles. The van der Waals surface area contributed by atoms with Gasteiger partial charge >= 0.3 is 0 Å². The van der Waals surface area contributed by atoms with Crippen LogP contribution >= 0.6 is 12.4 Å². The van der Waals surface area contributed by atoms with E-state index in [2.05, 4.69) is 27.1 Å². The number of amides is 1. The van der Waals surface area contributed by atoms with Gasteiger partial charge in [0.25, 0.3) is 0 Å². The van der Waals surface area contributed by atoms with Crippen LogP contribution in [0, 0.1) is 5.92 Å². The van der Waals surface area contributed by atoms with Crippen molar-refractivity contribution in [2.45, 2.75) is 44.4 Å². The van der Waals surface area contributed by atoms with Gasteiger partial charge in [0.1, 0.15) is 6.54 Å². The topological polar surface area (TPSA) is 80.2 Å². The maximum atomic E-state index is 12.2. The van der Waals surface area contributed by atoms with E-state index in [1.54, 1.807) is 17.1 Å². The van der Waals surface area contributed by atoms with Crippen LogP contribution in [0.4, 0.5) is 5.69 Å². The standard InChI is InChI=1S/C21H29N5O2.ClH/c27-21(14-26-10-3-8-24-26)25-17-5-1-4-16(12-17)13-23-19-7-2-6-18(19)20-15-28-11-9-22-20;/h1,3-5,8,10,12,18-20,22-23H,2,6-7,9,11,13-15H2,(H,25,27);1H. The van der Waals surface area contributed by atoms with E-state index in [1.807, 2.05) is 24.3 Å². The Morgan fingerprint density at radius 2 is 2.24 bits per heavy atom. The first-order chi connectivity index (χ1) is 13.8. The zero-order valence-corrected chi connectivity index (χ0v) is 17.4. The number of carbonyl (C=O) groups is 1. The van der Waals surface area contributed by atoms with Crippen molar-refractivity contribution < 1.29 is 9.53 Å². The van der Waals surface area contributed by atoms with Crippen molar-refractivity contribution in [2.24, 2.45) is 5.92 Å². The molecule has 0 spiro atoms. The molecule has 2 aliphatic rings. The average Bonchev–Trinajstić information content (AvgIpc) is 3.39. The third kappa shape index (κ3) is 6.02. The molecule has 7 nitrogen and oxygen atoms in total. The third-order valence-corrected chi connectivity index (χ3v) is 5.68. The minimum absolute atomic E-state index is 0. The minimum atomic E-state index is -0.0759. The first kappa shape index (κ1) is 21.8. The van der Waals surface area contributed by atoms with Crippen LogP contribution < -0.4 is 16.0 Å². The molecule has 1 saturated heterocycles. The molecule has 3 atom stereocenters. The Morgan fingerprint density at radius 3 is 3.03 bits per heavy atom. The van der Waals surface area contributed by atoms with Crippen LogP contribution in [0.25, 0.3) is 0 Å². The molecule has 158 valence electrons. The van der Waals surface area contributed by atoms with E-state index in [0.29, 0.717) is 18.0 Å². The number of morpholine rings is 1. The Bertz CT molecular complexity index is 764. The number of hydrogen-bond acceptors (Lipinski definition) is 5. The van der Waals surface area contributed by atoms with Gasteiger partial charge in [-0.1, -0.05) is 18.6 Å². The number of ether oxygens (including phenoxy) is 1. The van der Waals surface area contributed by atoms with Crippen LogP contribution in [0.1, 0.15) is 24.8 Å². The van der Waals surface area contributed by atoms with Gasteiger partial charge in [0, 0.05) is 43.3 Å². The molecule has 4 rings (SSSR count). The van der Waals surface area contributed by atoms with Crippen molar-refractivity contribution in [3.05, 3.63) is 48.3 Å². The number of anilines is 1. The summed E-state index contributed by atoms with van der Waals surface area (Å²) < 4.78 is 7.27. The first-order valence-corrected chi connectivity index (χ1v) is 10.2. The minimum Gasteiger partial charge on any atom is -0.379 e. The normalized spacial score (nSPS) is 24.1. The lowest BCUT2D eigenvalue weighted by Gasteiger charge is -2.33. The second kappa shape index (κ2) is 10.7. The van der Waals surface area contributed by atoms with Gasteiger partial charge in [-0.25, -0.2) is 0 Å². The predicted molar refractivity (Wildman–Crippen MR) is 115 cm³/mol. The van der Waals surface area contributed by atoms with Gasteiger partial charge in [0.2, 0.25) is 5.91 Å². The molecule has 1 amide bonds. The maximum Gasteiger partial charge on any atom is 0.246 e. The number of rotatable bonds is 7. The second-order valence-corrected chi connectivity index (χ2v) is 7.67. The smallest absolute Gasteiger partial charge is 0.246 e. The summed E-state index contributed by atoms with van der Waals surface area (Å²) in [5, 5.41) is 14.4. The van der Waals surface area contributed by atoms with Gasteiger partial charge in [-0.2, -0.15) is 5.10 Å². The number of aromatic nitrogens is 2. The highest BCUT2D eigenvalue weighted by Crippen LogP contribution is 2.29. The van der Waals surface area contributed by atoms with Gasteiger partial charge in [-0.15, -0.1) is 12.4 Å². The number of halogens is 1. The molecule has 0 radical (unpaired) electrons. The van der Waals surface area contributed by atoms with E-state index >= 15 is 0 Å². The van der Waals surface area contributed by atoms with E-state index in [1.165, 1.54) is 24.8 Å². The largest absolute Gasteiger partial charge is 0.379 e. The molecule has 2 fully saturated rings. The lowest BCUT2D eigenvalue weighted by Crippen LogP contribution is -2.50. The van der Waals surface area contributed by atoms with Crippen molar-refractivity contribution in [3.8, 4) is 0 Å². The summed E-state index contributed by atoms with van der Waals surface area (Å²) in [6, 6.07) is 10.8. The van der Waals surface area contributed by atoms with Gasteiger partial charge in [-0.05, 0) is 42.5 Å². The molecule has 1 saturated carbocycles. The van der Waals surface area contributed by atoms with E-state index in [4.69, 9.17) is 4.74 Å². The highest BCUT2D eigenvalue weighted by Gasteiger charge is 2.34. The Kier molecular flexibility index (Phi) is 8.06. The number of nitrogens with one attached hydrogen (secondary N) is 3. The van der Waals surface area contributed by atoms with Crippen LogP contribution in [-0.4, -0.2) is 47.5 Å². The summed E-state index contributed by atoms with van der Waals surface area (Å²) in [6.45, 7) is 3.61. The molecule has 1 aliphatic carbocycles. The van der Waals surface area contributed by atoms with Gasteiger partial charge < -0.3 is 20.7 Å². The molecule has 3 unspecified atom stereocenters. The summed E-state index contributed by atoms with van der Waals surface area (Å²) in [5.74, 6) is 0.547. The molecule has 29 heavy (non-hydrogen) atoms. The SMILES string of the molecule is Cl.O=C(Cn1cccn1)Nc1cccc(CNC2CCCC2C2COCCN2)c1. The van der Waals surface area contributed by atoms with Crippen molar-refractivity contribution >= 4 is 24.0 Å². The number of benzene rings is 1. The van der Waals surface area contributed by atoms with Crippen molar-refractivity contribution in [1.82, 2.24) is 20.4 Å². The summed E-state index contributed by atoms with van der Waals surface area (Å²) >= 11 is 0. The van der Waals surface area contributed by atoms with E-state index in [9.17, 15) is 4.79 Å². The highest BCUT2D eigenvalue weighted by molar-refractivity contribution is 5.90. The molecule has 1 aliphatic heterocycles. The Morgan fingerprint density at radius 1 is 1.31 bits per heavy atom. The fraction of sp³-hybridized carbons (Fsp3) is 0.524. The van der Waals surface area contributed by atoms with Crippen LogP contribution in [-0.2, 0) is 22.6 Å². The van der Waals surface area contributed by atoms with Gasteiger partial charge in [-0.3, -0.25) is 9.48 Å². The quantitative estimate of drug-likeness (QED) is 0.641. The van der Waals surface area contributed by atoms with E-state index < -0.39 is 0 Å². The van der Waals surface area contributed by atoms with Crippen molar-refractivity contribution in [3.63, 3.8) is 0 Å². The maximum absolute atomic E-state index is 12.2. The Hall–Kier alpha value is -1.93. The number of hydrogen-bond donors (Lipinski definition) is 3. The summed E-state index contributed by atoms with van der Waals surface area (Å²) in [7, 11) is 0. The molecule has 0 bridgehead atoms. The molecule has 1 aromatic carbocycles. The molecular formula is C21H30ClN5O2. The molecular weight excluding hydrogens is 390 g/mol. The second-order valence-electron chi connectivity index (χ2n) is 7.67. The predicted octanol–water partition coefficient (Wildman–Crippen LogP) is 2.19. The molecule has 3 N–H and O–H groups in total.